The first-order chi connectivity index (χ1) is 12.5. The molecule has 0 aliphatic carbocycles. The fourth-order valence-electron chi connectivity index (χ4n) is 3.37. The molecule has 2 fully saturated rings. The van der Waals surface area contributed by atoms with E-state index in [-0.39, 0.29) is 18.4 Å². The maximum atomic E-state index is 12.6. The number of sulfonamides is 1. The molecular formula is C16H24ClN5O3S2. The minimum atomic E-state index is -3.36. The van der Waals surface area contributed by atoms with E-state index in [1.165, 1.54) is 11.3 Å². The molecule has 150 valence electrons. The van der Waals surface area contributed by atoms with Gasteiger partial charge in [0, 0.05) is 37.6 Å². The molecule has 0 radical (unpaired) electrons. The topological polar surface area (TPSA) is 91.6 Å². The number of thiophene rings is 1. The van der Waals surface area contributed by atoms with E-state index < -0.39 is 10.0 Å². The highest BCUT2D eigenvalue weighted by atomic mass is 35.5. The highest BCUT2D eigenvalue weighted by Crippen LogP contribution is 2.28. The predicted octanol–water partition coefficient (Wildman–Crippen LogP) is 1.50. The van der Waals surface area contributed by atoms with E-state index in [0.29, 0.717) is 35.4 Å². The molecule has 4 rings (SSSR count). The van der Waals surface area contributed by atoms with Crippen LogP contribution in [0.5, 0.6) is 0 Å². The van der Waals surface area contributed by atoms with E-state index in [1.807, 2.05) is 6.07 Å². The van der Waals surface area contributed by atoms with Crippen LogP contribution in [0.4, 0.5) is 0 Å². The van der Waals surface area contributed by atoms with Crippen LogP contribution in [0.15, 0.2) is 20.9 Å². The summed E-state index contributed by atoms with van der Waals surface area (Å²) >= 11 is 1.29. The van der Waals surface area contributed by atoms with E-state index >= 15 is 0 Å². The van der Waals surface area contributed by atoms with Gasteiger partial charge in [0.25, 0.3) is 10.0 Å². The van der Waals surface area contributed by atoms with Gasteiger partial charge < -0.3 is 9.84 Å². The van der Waals surface area contributed by atoms with Crippen LogP contribution in [-0.2, 0) is 16.4 Å². The van der Waals surface area contributed by atoms with Crippen molar-refractivity contribution >= 4 is 33.8 Å². The van der Waals surface area contributed by atoms with E-state index in [0.717, 1.165) is 37.4 Å². The van der Waals surface area contributed by atoms with E-state index in [1.54, 1.807) is 10.4 Å². The van der Waals surface area contributed by atoms with Crippen LogP contribution < -0.4 is 5.32 Å². The Balaban J connectivity index is 0.00000210. The Kier molecular flexibility index (Phi) is 6.54. The lowest BCUT2D eigenvalue weighted by molar-refractivity contribution is 0.190. The highest BCUT2D eigenvalue weighted by molar-refractivity contribution is 7.91. The molecule has 1 unspecified atom stereocenters. The number of likely N-dealkylation sites (N-methyl/N-ethyl adjacent to an activating group) is 1. The van der Waals surface area contributed by atoms with E-state index in [4.69, 9.17) is 4.52 Å². The molecule has 0 amide bonds. The van der Waals surface area contributed by atoms with Gasteiger partial charge >= 0.3 is 0 Å². The minimum absolute atomic E-state index is 0. The quantitative estimate of drug-likeness (QED) is 0.763. The second kappa shape index (κ2) is 8.54. The summed E-state index contributed by atoms with van der Waals surface area (Å²) in [6, 6.07) is 3.63. The fourth-order valence-corrected chi connectivity index (χ4v) is 6.38. The molecule has 4 heterocycles. The maximum Gasteiger partial charge on any atom is 0.252 e. The first kappa shape index (κ1) is 20.7. The van der Waals surface area contributed by atoms with Gasteiger partial charge in [-0.15, -0.1) is 23.7 Å². The van der Waals surface area contributed by atoms with Crippen LogP contribution in [0.2, 0.25) is 0 Å². The minimum Gasteiger partial charge on any atom is -0.339 e. The van der Waals surface area contributed by atoms with Gasteiger partial charge in [-0.1, -0.05) is 5.16 Å². The van der Waals surface area contributed by atoms with Crippen molar-refractivity contribution in [2.45, 2.75) is 29.5 Å². The summed E-state index contributed by atoms with van der Waals surface area (Å²) in [5.41, 5.74) is 0. The second-order valence-corrected chi connectivity index (χ2v) is 10.1. The van der Waals surface area contributed by atoms with Crippen LogP contribution >= 0.6 is 23.7 Å². The lowest BCUT2D eigenvalue weighted by atomic mass is 10.2. The van der Waals surface area contributed by atoms with Crippen molar-refractivity contribution in [2.24, 2.45) is 0 Å². The zero-order chi connectivity index (χ0) is 18.1. The van der Waals surface area contributed by atoms with Crippen molar-refractivity contribution < 1.29 is 12.9 Å². The largest absolute Gasteiger partial charge is 0.339 e. The highest BCUT2D eigenvalue weighted by Gasteiger charge is 2.29. The molecule has 0 aromatic carbocycles. The van der Waals surface area contributed by atoms with Crippen LogP contribution in [0, 0.1) is 0 Å². The lowest BCUT2D eigenvalue weighted by Crippen LogP contribution is -2.44. The lowest BCUT2D eigenvalue weighted by Gasteiger charge is -2.30. The number of rotatable bonds is 5. The molecule has 27 heavy (non-hydrogen) atoms. The van der Waals surface area contributed by atoms with Crippen molar-refractivity contribution in [2.75, 3.05) is 39.8 Å². The molecule has 8 nitrogen and oxygen atoms in total. The maximum absolute atomic E-state index is 12.6. The monoisotopic (exact) mass is 433 g/mol. The third-order valence-corrected chi connectivity index (χ3v) is 8.37. The number of nitrogens with zero attached hydrogens (tertiary/aromatic N) is 4. The Morgan fingerprint density at radius 2 is 2.07 bits per heavy atom. The van der Waals surface area contributed by atoms with Gasteiger partial charge in [0.05, 0.1) is 12.5 Å². The summed E-state index contributed by atoms with van der Waals surface area (Å²) in [7, 11) is -1.31. The Hall–Kier alpha value is -1.04. The zero-order valence-corrected chi connectivity index (χ0v) is 17.6. The number of piperazine rings is 1. The van der Waals surface area contributed by atoms with Crippen molar-refractivity contribution in [3.63, 3.8) is 0 Å². The molecule has 2 aromatic rings. The van der Waals surface area contributed by atoms with Crippen LogP contribution in [0.1, 0.15) is 35.5 Å². The van der Waals surface area contributed by atoms with E-state index in [2.05, 4.69) is 27.4 Å². The molecule has 2 aliphatic heterocycles. The molecule has 2 aromatic heterocycles. The average Bonchev–Trinajstić information content (AvgIpc) is 3.38. The Morgan fingerprint density at radius 1 is 1.30 bits per heavy atom. The first-order valence-electron chi connectivity index (χ1n) is 8.86. The summed E-state index contributed by atoms with van der Waals surface area (Å²) < 4.78 is 32.6. The first-order valence-corrected chi connectivity index (χ1v) is 11.1. The van der Waals surface area contributed by atoms with Gasteiger partial charge in [-0.3, -0.25) is 4.90 Å². The normalized spacial score (nSPS) is 22.0. The third kappa shape index (κ3) is 4.36. The summed E-state index contributed by atoms with van der Waals surface area (Å²) in [5, 5.41) is 7.45. The third-order valence-electron chi connectivity index (χ3n) is 4.91. The summed E-state index contributed by atoms with van der Waals surface area (Å²) in [6.45, 7) is 3.93. The molecule has 1 atom stereocenters. The van der Waals surface area contributed by atoms with E-state index in [9.17, 15) is 8.42 Å². The second-order valence-electron chi connectivity index (χ2n) is 6.76. The van der Waals surface area contributed by atoms with Crippen molar-refractivity contribution in [3.05, 3.63) is 28.7 Å². The van der Waals surface area contributed by atoms with Crippen LogP contribution in [0.25, 0.3) is 0 Å². The SMILES string of the molecule is CN1CCNCC1c1noc(Cc2ccc(S(=O)(=O)N3CCCC3)s2)n1.Cl. The Bertz CT molecular complexity index is 863. The molecular weight excluding hydrogens is 410 g/mol. The fraction of sp³-hybridized carbons (Fsp3) is 0.625. The van der Waals surface area contributed by atoms with Gasteiger partial charge in [-0.05, 0) is 32.0 Å². The number of aromatic nitrogens is 2. The zero-order valence-electron chi connectivity index (χ0n) is 15.1. The molecule has 2 aliphatic rings. The number of hydrogen-bond acceptors (Lipinski definition) is 8. The number of halogens is 1. The van der Waals surface area contributed by atoms with Gasteiger partial charge in [-0.25, -0.2) is 8.42 Å². The molecule has 1 N–H and O–H groups in total. The predicted molar refractivity (Wildman–Crippen MR) is 105 cm³/mol. The van der Waals surface area contributed by atoms with Gasteiger partial charge in [0.15, 0.2) is 5.82 Å². The standard InChI is InChI=1S/C16H23N5O3S2.ClH/c1-20-9-6-17-11-13(20)16-18-14(24-19-16)10-12-4-5-15(25-12)26(22,23)21-7-2-3-8-21;/h4-5,13,17H,2-3,6-11H2,1H3;1H. The van der Waals surface area contributed by atoms with Gasteiger partial charge in [-0.2, -0.15) is 9.29 Å². The van der Waals surface area contributed by atoms with Crippen molar-refractivity contribution in [1.29, 1.82) is 0 Å². The van der Waals surface area contributed by atoms with Crippen LogP contribution in [0.3, 0.4) is 0 Å². The van der Waals surface area contributed by atoms with Gasteiger partial charge in [0.1, 0.15) is 4.21 Å². The molecule has 2 saturated heterocycles. The van der Waals surface area contributed by atoms with Crippen molar-refractivity contribution in [3.8, 4) is 0 Å². The summed E-state index contributed by atoms with van der Waals surface area (Å²) in [6.07, 6.45) is 2.33. The Labute approximate surface area is 169 Å². The Morgan fingerprint density at radius 3 is 2.81 bits per heavy atom. The molecule has 0 saturated carbocycles. The molecule has 0 bridgehead atoms. The molecule has 11 heteroatoms. The summed E-state index contributed by atoms with van der Waals surface area (Å²) in [5.74, 6) is 1.20. The van der Waals surface area contributed by atoms with Crippen molar-refractivity contribution in [1.82, 2.24) is 24.7 Å². The average molecular weight is 434 g/mol. The smallest absolute Gasteiger partial charge is 0.252 e. The summed E-state index contributed by atoms with van der Waals surface area (Å²) in [4.78, 5) is 7.63. The number of hydrogen-bond donors (Lipinski definition) is 1. The number of nitrogens with one attached hydrogen (secondary N) is 1. The molecule has 0 spiro atoms. The van der Waals surface area contributed by atoms with Gasteiger partial charge in [0.2, 0.25) is 5.89 Å². The van der Waals surface area contributed by atoms with Crippen LogP contribution in [-0.4, -0.2) is 67.5 Å².